The SMILES string of the molecule is COC(=O)[C@@H]1CCC2OC2N1C(=O)OC. The van der Waals surface area contributed by atoms with Crippen molar-refractivity contribution in [1.82, 2.24) is 4.90 Å². The molecule has 0 aliphatic carbocycles. The van der Waals surface area contributed by atoms with Gasteiger partial charge < -0.3 is 14.2 Å². The lowest BCUT2D eigenvalue weighted by molar-refractivity contribution is -0.147. The van der Waals surface area contributed by atoms with Crippen molar-refractivity contribution in [3.8, 4) is 0 Å². The van der Waals surface area contributed by atoms with E-state index in [1.807, 2.05) is 0 Å². The van der Waals surface area contributed by atoms with Crippen molar-refractivity contribution in [2.45, 2.75) is 31.2 Å². The molecule has 2 rings (SSSR count). The largest absolute Gasteiger partial charge is 0.467 e. The molecule has 0 aromatic heterocycles. The first-order valence-electron chi connectivity index (χ1n) is 4.78. The number of epoxide rings is 1. The number of amides is 1. The van der Waals surface area contributed by atoms with Crippen LogP contribution in [-0.2, 0) is 19.0 Å². The van der Waals surface area contributed by atoms with E-state index in [0.717, 1.165) is 6.42 Å². The van der Waals surface area contributed by atoms with E-state index in [0.29, 0.717) is 6.42 Å². The number of carbonyl (C=O) groups excluding carboxylic acids is 2. The Balaban J connectivity index is 2.13. The molecule has 0 saturated carbocycles. The maximum absolute atomic E-state index is 11.5. The number of nitrogens with zero attached hydrogens (tertiary/aromatic N) is 1. The normalized spacial score (nSPS) is 32.9. The molecular formula is C9H13NO5. The second kappa shape index (κ2) is 3.69. The van der Waals surface area contributed by atoms with Gasteiger partial charge in [0.1, 0.15) is 12.1 Å². The summed E-state index contributed by atoms with van der Waals surface area (Å²) in [4.78, 5) is 24.2. The molecule has 2 aliphatic heterocycles. The number of carbonyl (C=O) groups is 2. The standard InChI is InChI=1S/C9H13NO5/c1-13-8(11)5-3-4-6-7(15-6)10(5)9(12)14-2/h5-7H,3-4H2,1-2H3/t5-,6?,7?/m0/s1. The van der Waals surface area contributed by atoms with E-state index in [1.165, 1.54) is 19.1 Å². The van der Waals surface area contributed by atoms with E-state index in [-0.39, 0.29) is 12.3 Å². The zero-order chi connectivity index (χ0) is 11.0. The summed E-state index contributed by atoms with van der Waals surface area (Å²) < 4.78 is 14.5. The fourth-order valence-electron chi connectivity index (χ4n) is 1.93. The van der Waals surface area contributed by atoms with Crippen molar-refractivity contribution < 1.29 is 23.8 Å². The number of hydrogen-bond donors (Lipinski definition) is 0. The molecule has 2 saturated heterocycles. The molecule has 0 spiro atoms. The maximum atomic E-state index is 11.5. The maximum Gasteiger partial charge on any atom is 0.412 e. The van der Waals surface area contributed by atoms with Crippen LogP contribution in [0.25, 0.3) is 0 Å². The highest BCUT2D eigenvalue weighted by molar-refractivity contribution is 5.82. The monoisotopic (exact) mass is 215 g/mol. The van der Waals surface area contributed by atoms with Gasteiger partial charge in [0, 0.05) is 0 Å². The van der Waals surface area contributed by atoms with Gasteiger partial charge in [-0.1, -0.05) is 0 Å². The Morgan fingerprint density at radius 3 is 2.60 bits per heavy atom. The van der Waals surface area contributed by atoms with Gasteiger partial charge in [-0.05, 0) is 12.8 Å². The molecule has 0 aromatic carbocycles. The minimum Gasteiger partial charge on any atom is -0.467 e. The van der Waals surface area contributed by atoms with E-state index < -0.39 is 18.1 Å². The zero-order valence-electron chi connectivity index (χ0n) is 8.63. The predicted molar refractivity (Wildman–Crippen MR) is 47.9 cm³/mol. The van der Waals surface area contributed by atoms with Crippen molar-refractivity contribution in [2.24, 2.45) is 0 Å². The number of methoxy groups -OCH3 is 2. The highest BCUT2D eigenvalue weighted by Crippen LogP contribution is 2.38. The summed E-state index contributed by atoms with van der Waals surface area (Å²) >= 11 is 0. The summed E-state index contributed by atoms with van der Waals surface area (Å²) in [6.07, 6.45) is 0.541. The fraction of sp³-hybridized carbons (Fsp3) is 0.778. The number of fused-ring (bicyclic) bond motifs is 1. The van der Waals surface area contributed by atoms with Crippen molar-refractivity contribution in [1.29, 1.82) is 0 Å². The molecule has 6 heteroatoms. The number of piperidine rings is 1. The van der Waals surface area contributed by atoms with E-state index in [2.05, 4.69) is 9.47 Å². The van der Waals surface area contributed by atoms with Crippen molar-refractivity contribution in [3.05, 3.63) is 0 Å². The van der Waals surface area contributed by atoms with Gasteiger partial charge in [-0.3, -0.25) is 4.90 Å². The Bertz CT molecular complexity index is 292. The van der Waals surface area contributed by atoms with Crippen LogP contribution in [0.1, 0.15) is 12.8 Å². The van der Waals surface area contributed by atoms with Crippen molar-refractivity contribution in [2.75, 3.05) is 14.2 Å². The number of likely N-dealkylation sites (tertiary alicyclic amines) is 1. The molecule has 2 heterocycles. The van der Waals surface area contributed by atoms with Gasteiger partial charge in [0.15, 0.2) is 6.23 Å². The quantitative estimate of drug-likeness (QED) is 0.459. The van der Waals surface area contributed by atoms with Crippen LogP contribution in [0.4, 0.5) is 4.79 Å². The smallest absolute Gasteiger partial charge is 0.412 e. The summed E-state index contributed by atoms with van der Waals surface area (Å²) in [5, 5.41) is 0. The second-order valence-electron chi connectivity index (χ2n) is 3.56. The lowest BCUT2D eigenvalue weighted by Crippen LogP contribution is -2.50. The van der Waals surface area contributed by atoms with Crippen molar-refractivity contribution >= 4 is 12.1 Å². The molecule has 0 bridgehead atoms. The van der Waals surface area contributed by atoms with Gasteiger partial charge >= 0.3 is 12.1 Å². The number of hydrogen-bond acceptors (Lipinski definition) is 5. The molecular weight excluding hydrogens is 202 g/mol. The average molecular weight is 215 g/mol. The molecule has 0 aromatic rings. The van der Waals surface area contributed by atoms with Gasteiger partial charge in [0.25, 0.3) is 0 Å². The van der Waals surface area contributed by atoms with E-state index in [4.69, 9.17) is 4.74 Å². The molecule has 15 heavy (non-hydrogen) atoms. The Morgan fingerprint density at radius 2 is 2.00 bits per heavy atom. The van der Waals surface area contributed by atoms with Crippen LogP contribution in [-0.4, -0.2) is 49.6 Å². The first-order chi connectivity index (χ1) is 7.19. The fourth-order valence-corrected chi connectivity index (χ4v) is 1.93. The summed E-state index contributed by atoms with van der Waals surface area (Å²) in [5.74, 6) is -0.422. The predicted octanol–water partition coefficient (Wildman–Crippen LogP) is 0.115. The lowest BCUT2D eigenvalue weighted by Gasteiger charge is -2.29. The van der Waals surface area contributed by atoms with E-state index in [9.17, 15) is 9.59 Å². The molecule has 2 fully saturated rings. The van der Waals surface area contributed by atoms with Crippen LogP contribution in [0.3, 0.4) is 0 Å². The number of rotatable bonds is 1. The van der Waals surface area contributed by atoms with Crippen LogP contribution in [0.2, 0.25) is 0 Å². The number of ether oxygens (including phenoxy) is 3. The third-order valence-corrected chi connectivity index (χ3v) is 2.75. The summed E-state index contributed by atoms with van der Waals surface area (Å²) in [5.41, 5.74) is 0. The minimum absolute atomic E-state index is 0.0602. The third-order valence-electron chi connectivity index (χ3n) is 2.75. The summed E-state index contributed by atoms with van der Waals surface area (Å²) in [6.45, 7) is 0. The van der Waals surface area contributed by atoms with Gasteiger partial charge in [-0.15, -0.1) is 0 Å². The number of esters is 1. The zero-order valence-corrected chi connectivity index (χ0v) is 8.63. The van der Waals surface area contributed by atoms with Crippen LogP contribution in [0.15, 0.2) is 0 Å². The lowest BCUT2D eigenvalue weighted by atomic mass is 10.0. The topological polar surface area (TPSA) is 68.4 Å². The first kappa shape index (κ1) is 10.2. The van der Waals surface area contributed by atoms with Gasteiger partial charge in [-0.2, -0.15) is 0 Å². The van der Waals surface area contributed by atoms with E-state index in [1.54, 1.807) is 0 Å². The third kappa shape index (κ3) is 1.65. The summed E-state index contributed by atoms with van der Waals surface area (Å²) in [6, 6.07) is -0.578. The van der Waals surface area contributed by atoms with Crippen molar-refractivity contribution in [3.63, 3.8) is 0 Å². The van der Waals surface area contributed by atoms with Crippen LogP contribution in [0, 0.1) is 0 Å². The summed E-state index contributed by atoms with van der Waals surface area (Å²) in [7, 11) is 2.58. The Morgan fingerprint density at radius 1 is 1.27 bits per heavy atom. The second-order valence-corrected chi connectivity index (χ2v) is 3.56. The molecule has 0 radical (unpaired) electrons. The molecule has 0 N–H and O–H groups in total. The van der Waals surface area contributed by atoms with Gasteiger partial charge in [-0.25, -0.2) is 9.59 Å². The molecule has 84 valence electrons. The van der Waals surface area contributed by atoms with Gasteiger partial charge in [0.2, 0.25) is 0 Å². The molecule has 1 amide bonds. The Labute approximate surface area is 87.1 Å². The molecule has 6 nitrogen and oxygen atoms in total. The Hall–Kier alpha value is -1.30. The average Bonchev–Trinajstić information content (AvgIpc) is 3.04. The molecule has 2 unspecified atom stereocenters. The minimum atomic E-state index is -0.578. The van der Waals surface area contributed by atoms with E-state index >= 15 is 0 Å². The Kier molecular flexibility index (Phi) is 2.52. The molecule has 2 aliphatic rings. The van der Waals surface area contributed by atoms with Crippen LogP contribution < -0.4 is 0 Å². The van der Waals surface area contributed by atoms with Gasteiger partial charge in [0.05, 0.1) is 14.2 Å². The highest BCUT2D eigenvalue weighted by Gasteiger charge is 2.54. The highest BCUT2D eigenvalue weighted by atomic mass is 16.6. The first-order valence-corrected chi connectivity index (χ1v) is 4.78. The van der Waals surface area contributed by atoms with Crippen LogP contribution >= 0.6 is 0 Å². The molecule has 3 atom stereocenters. The van der Waals surface area contributed by atoms with Crippen LogP contribution in [0.5, 0.6) is 0 Å².